The number of methoxy groups -OCH3 is 1. The van der Waals surface area contributed by atoms with Crippen LogP contribution >= 0.6 is 11.6 Å². The van der Waals surface area contributed by atoms with Gasteiger partial charge in [-0.1, -0.05) is 31.5 Å². The minimum atomic E-state index is -0.647. The van der Waals surface area contributed by atoms with E-state index in [0.29, 0.717) is 10.9 Å². The Labute approximate surface area is 125 Å². The highest BCUT2D eigenvalue weighted by Gasteiger charge is 2.47. The topological polar surface area (TPSA) is 38.3 Å². The van der Waals surface area contributed by atoms with Gasteiger partial charge in [0, 0.05) is 10.7 Å². The second-order valence-electron chi connectivity index (χ2n) is 5.88. The number of anilines is 1. The Morgan fingerprint density at radius 2 is 2.20 bits per heavy atom. The molecule has 1 aliphatic rings. The van der Waals surface area contributed by atoms with E-state index in [2.05, 4.69) is 19.2 Å². The van der Waals surface area contributed by atoms with E-state index in [1.807, 2.05) is 24.3 Å². The highest BCUT2D eigenvalue weighted by Crippen LogP contribution is 2.40. The first kappa shape index (κ1) is 15.2. The lowest BCUT2D eigenvalue weighted by atomic mass is 9.69. The number of esters is 1. The van der Waals surface area contributed by atoms with Crippen LogP contribution in [0.2, 0.25) is 5.02 Å². The van der Waals surface area contributed by atoms with E-state index in [1.54, 1.807) is 0 Å². The molecule has 110 valence electrons. The van der Waals surface area contributed by atoms with Crippen molar-refractivity contribution in [1.82, 2.24) is 0 Å². The second kappa shape index (κ2) is 6.04. The third-order valence-corrected chi connectivity index (χ3v) is 4.61. The maximum absolute atomic E-state index is 12.4. The molecule has 0 amide bonds. The predicted molar refractivity (Wildman–Crippen MR) is 82.0 cm³/mol. The van der Waals surface area contributed by atoms with Crippen molar-refractivity contribution in [1.29, 1.82) is 0 Å². The van der Waals surface area contributed by atoms with Gasteiger partial charge in [-0.3, -0.25) is 0 Å². The minimum Gasteiger partial charge on any atom is -0.467 e. The first-order valence-corrected chi connectivity index (χ1v) is 7.48. The molecular formula is C16H22ClNO2. The van der Waals surface area contributed by atoms with E-state index in [1.165, 1.54) is 7.11 Å². The van der Waals surface area contributed by atoms with Gasteiger partial charge in [-0.05, 0) is 49.3 Å². The Morgan fingerprint density at radius 1 is 1.45 bits per heavy atom. The van der Waals surface area contributed by atoms with Crippen LogP contribution < -0.4 is 5.32 Å². The summed E-state index contributed by atoms with van der Waals surface area (Å²) >= 11 is 6.02. The van der Waals surface area contributed by atoms with Gasteiger partial charge in [0.2, 0.25) is 0 Å². The standard InChI is InChI=1S/C16H22ClNO2/c1-11-7-8-16(12(2)9-11,15(19)20-3)18-14-6-4-5-13(17)10-14/h4-6,10-12,18H,7-9H2,1-3H3. The Bertz CT molecular complexity index is 491. The maximum Gasteiger partial charge on any atom is 0.331 e. The summed E-state index contributed by atoms with van der Waals surface area (Å²) in [5, 5.41) is 4.06. The highest BCUT2D eigenvalue weighted by atomic mass is 35.5. The third-order valence-electron chi connectivity index (χ3n) is 4.37. The van der Waals surface area contributed by atoms with Crippen molar-refractivity contribution in [2.45, 2.75) is 38.6 Å². The molecule has 1 aliphatic carbocycles. The zero-order chi connectivity index (χ0) is 14.8. The van der Waals surface area contributed by atoms with E-state index < -0.39 is 5.54 Å². The molecule has 20 heavy (non-hydrogen) atoms. The van der Waals surface area contributed by atoms with Gasteiger partial charge >= 0.3 is 5.97 Å². The summed E-state index contributed by atoms with van der Waals surface area (Å²) in [6.07, 6.45) is 2.82. The Morgan fingerprint density at radius 3 is 2.80 bits per heavy atom. The summed E-state index contributed by atoms with van der Waals surface area (Å²) in [5.41, 5.74) is 0.218. The molecule has 0 aromatic heterocycles. The molecule has 1 saturated carbocycles. The summed E-state index contributed by atoms with van der Waals surface area (Å²) in [6, 6.07) is 7.48. The molecule has 0 aliphatic heterocycles. The quantitative estimate of drug-likeness (QED) is 0.853. The fraction of sp³-hybridized carbons (Fsp3) is 0.562. The lowest BCUT2D eigenvalue weighted by molar-refractivity contribution is -0.149. The van der Waals surface area contributed by atoms with Gasteiger partial charge in [-0.2, -0.15) is 0 Å². The molecule has 0 saturated heterocycles. The number of rotatable bonds is 3. The van der Waals surface area contributed by atoms with Crippen LogP contribution in [0.4, 0.5) is 5.69 Å². The Balaban J connectivity index is 2.30. The number of carbonyl (C=O) groups is 1. The van der Waals surface area contributed by atoms with Crippen LogP contribution in [0.1, 0.15) is 33.1 Å². The molecule has 0 radical (unpaired) electrons. The summed E-state index contributed by atoms with van der Waals surface area (Å²) in [6.45, 7) is 4.35. The predicted octanol–water partition coefficient (Wildman–Crippen LogP) is 4.12. The molecule has 2 rings (SSSR count). The van der Waals surface area contributed by atoms with Crippen molar-refractivity contribution in [2.24, 2.45) is 11.8 Å². The first-order valence-electron chi connectivity index (χ1n) is 7.10. The Kier molecular flexibility index (Phi) is 4.59. The van der Waals surface area contributed by atoms with Crippen LogP contribution in [-0.4, -0.2) is 18.6 Å². The molecule has 3 atom stereocenters. The maximum atomic E-state index is 12.4. The van der Waals surface area contributed by atoms with Crippen molar-refractivity contribution in [2.75, 3.05) is 12.4 Å². The number of halogens is 1. The number of nitrogens with one attached hydrogen (secondary N) is 1. The first-order chi connectivity index (χ1) is 9.48. The van der Waals surface area contributed by atoms with Gasteiger partial charge < -0.3 is 10.1 Å². The van der Waals surface area contributed by atoms with E-state index in [-0.39, 0.29) is 11.9 Å². The van der Waals surface area contributed by atoms with E-state index in [0.717, 1.165) is 24.9 Å². The van der Waals surface area contributed by atoms with Gasteiger partial charge in [0.05, 0.1) is 7.11 Å². The second-order valence-corrected chi connectivity index (χ2v) is 6.32. The summed E-state index contributed by atoms with van der Waals surface area (Å²) < 4.78 is 5.07. The molecule has 1 aromatic carbocycles. The number of carbonyl (C=O) groups excluding carboxylic acids is 1. The number of benzene rings is 1. The minimum absolute atomic E-state index is 0.183. The van der Waals surface area contributed by atoms with Crippen molar-refractivity contribution in [3.05, 3.63) is 29.3 Å². The smallest absolute Gasteiger partial charge is 0.331 e. The lowest BCUT2D eigenvalue weighted by Gasteiger charge is -2.43. The van der Waals surface area contributed by atoms with Crippen LogP contribution in [0.25, 0.3) is 0 Å². The lowest BCUT2D eigenvalue weighted by Crippen LogP contribution is -2.55. The summed E-state index contributed by atoms with van der Waals surface area (Å²) in [4.78, 5) is 12.4. The molecule has 0 spiro atoms. The van der Waals surface area contributed by atoms with E-state index >= 15 is 0 Å². The van der Waals surface area contributed by atoms with Crippen LogP contribution in [-0.2, 0) is 9.53 Å². The van der Waals surface area contributed by atoms with Gasteiger partial charge in [0.25, 0.3) is 0 Å². The van der Waals surface area contributed by atoms with Crippen LogP contribution in [0.5, 0.6) is 0 Å². The fourth-order valence-electron chi connectivity index (χ4n) is 3.19. The molecule has 4 heteroatoms. The normalized spacial score (nSPS) is 29.8. The summed E-state index contributed by atoms with van der Waals surface area (Å²) in [5.74, 6) is 0.679. The van der Waals surface area contributed by atoms with Gasteiger partial charge in [0.15, 0.2) is 0 Å². The average Bonchev–Trinajstić information content (AvgIpc) is 2.41. The SMILES string of the molecule is COC(=O)C1(Nc2cccc(Cl)c2)CCC(C)CC1C. The molecule has 1 aromatic rings. The molecule has 1 fully saturated rings. The largest absolute Gasteiger partial charge is 0.467 e. The van der Waals surface area contributed by atoms with Crippen LogP contribution in [0, 0.1) is 11.8 Å². The van der Waals surface area contributed by atoms with Crippen LogP contribution in [0.3, 0.4) is 0 Å². The van der Waals surface area contributed by atoms with Gasteiger partial charge in [0.1, 0.15) is 5.54 Å². The van der Waals surface area contributed by atoms with Crippen molar-refractivity contribution in [3.63, 3.8) is 0 Å². The van der Waals surface area contributed by atoms with E-state index in [4.69, 9.17) is 16.3 Å². The zero-order valence-corrected chi connectivity index (χ0v) is 13.0. The average molecular weight is 296 g/mol. The zero-order valence-electron chi connectivity index (χ0n) is 12.3. The Hall–Kier alpha value is -1.22. The fourth-order valence-corrected chi connectivity index (χ4v) is 3.38. The molecule has 1 N–H and O–H groups in total. The molecular weight excluding hydrogens is 274 g/mol. The monoisotopic (exact) mass is 295 g/mol. The molecule has 3 nitrogen and oxygen atoms in total. The highest BCUT2D eigenvalue weighted by molar-refractivity contribution is 6.30. The number of hydrogen-bond acceptors (Lipinski definition) is 3. The van der Waals surface area contributed by atoms with E-state index in [9.17, 15) is 4.79 Å². The van der Waals surface area contributed by atoms with Crippen LogP contribution in [0.15, 0.2) is 24.3 Å². The molecule has 0 heterocycles. The molecule has 0 bridgehead atoms. The molecule has 3 unspecified atom stereocenters. The van der Waals surface area contributed by atoms with Gasteiger partial charge in [-0.25, -0.2) is 4.79 Å². The third kappa shape index (κ3) is 2.93. The number of hydrogen-bond donors (Lipinski definition) is 1. The van der Waals surface area contributed by atoms with Crippen molar-refractivity contribution < 1.29 is 9.53 Å². The van der Waals surface area contributed by atoms with Gasteiger partial charge in [-0.15, -0.1) is 0 Å². The number of ether oxygens (including phenoxy) is 1. The summed E-state index contributed by atoms with van der Waals surface area (Å²) in [7, 11) is 1.45. The van der Waals surface area contributed by atoms with Crippen molar-refractivity contribution in [3.8, 4) is 0 Å². The van der Waals surface area contributed by atoms with Crippen molar-refractivity contribution >= 4 is 23.3 Å².